The van der Waals surface area contributed by atoms with Crippen molar-refractivity contribution in [2.75, 3.05) is 19.6 Å². The van der Waals surface area contributed by atoms with Gasteiger partial charge in [-0.15, -0.1) is 12.4 Å². The maximum Gasteiger partial charge on any atom is 0.255 e. The molecule has 1 N–H and O–H groups in total. The molecule has 106 valence electrons. The standard InChI is InChI=1S/C14H21N3O.ClH/c1-10-5-6-12(11(2)16-10)13(18)17-8-7-15-14(3,4)9-17;/h5-6,15H,7-9H2,1-4H3;1H. The first-order valence-electron chi connectivity index (χ1n) is 6.38. The summed E-state index contributed by atoms with van der Waals surface area (Å²) < 4.78 is 0. The summed E-state index contributed by atoms with van der Waals surface area (Å²) in [6, 6.07) is 3.78. The average molecular weight is 284 g/mol. The van der Waals surface area contributed by atoms with Crippen LogP contribution in [0.25, 0.3) is 0 Å². The van der Waals surface area contributed by atoms with Crippen molar-refractivity contribution in [1.29, 1.82) is 0 Å². The van der Waals surface area contributed by atoms with Crippen LogP contribution in [-0.4, -0.2) is 41.0 Å². The number of carbonyl (C=O) groups excluding carboxylic acids is 1. The molecule has 1 aliphatic rings. The number of amides is 1. The van der Waals surface area contributed by atoms with Crippen LogP contribution in [0.15, 0.2) is 12.1 Å². The van der Waals surface area contributed by atoms with Crippen molar-refractivity contribution < 1.29 is 4.79 Å². The predicted molar refractivity (Wildman–Crippen MR) is 78.9 cm³/mol. The highest BCUT2D eigenvalue weighted by Crippen LogP contribution is 2.15. The van der Waals surface area contributed by atoms with E-state index in [0.717, 1.165) is 36.6 Å². The second kappa shape index (κ2) is 5.88. The molecule has 0 unspecified atom stereocenters. The molecule has 1 aliphatic heterocycles. The van der Waals surface area contributed by atoms with E-state index in [1.54, 1.807) is 0 Å². The predicted octanol–water partition coefficient (Wildman–Crippen LogP) is 1.94. The molecule has 5 heteroatoms. The van der Waals surface area contributed by atoms with Gasteiger partial charge in [0.05, 0.1) is 11.3 Å². The fraction of sp³-hybridized carbons (Fsp3) is 0.571. The average Bonchev–Trinajstić information content (AvgIpc) is 2.27. The first-order valence-corrected chi connectivity index (χ1v) is 6.38. The molecule has 0 aromatic carbocycles. The Morgan fingerprint density at radius 1 is 1.37 bits per heavy atom. The Kier molecular flexibility index (Phi) is 4.93. The van der Waals surface area contributed by atoms with Crippen LogP contribution in [0.3, 0.4) is 0 Å². The SMILES string of the molecule is Cc1ccc(C(=O)N2CCNC(C)(C)C2)c(C)n1.Cl. The van der Waals surface area contributed by atoms with Gasteiger partial charge >= 0.3 is 0 Å². The first-order chi connectivity index (χ1) is 8.39. The molecule has 1 amide bonds. The summed E-state index contributed by atoms with van der Waals surface area (Å²) in [5, 5.41) is 3.41. The third-order valence-corrected chi connectivity index (χ3v) is 3.31. The van der Waals surface area contributed by atoms with Gasteiger partial charge in [0.1, 0.15) is 0 Å². The minimum absolute atomic E-state index is 0. The van der Waals surface area contributed by atoms with Gasteiger partial charge in [-0.1, -0.05) is 0 Å². The molecule has 19 heavy (non-hydrogen) atoms. The molecule has 0 aliphatic carbocycles. The van der Waals surface area contributed by atoms with E-state index in [1.807, 2.05) is 30.9 Å². The molecule has 0 bridgehead atoms. The van der Waals surface area contributed by atoms with E-state index in [4.69, 9.17) is 0 Å². The molecule has 0 saturated carbocycles. The Hall–Kier alpha value is -1.13. The van der Waals surface area contributed by atoms with Crippen molar-refractivity contribution in [3.05, 3.63) is 29.1 Å². The highest BCUT2D eigenvalue weighted by Gasteiger charge is 2.29. The molecule has 0 radical (unpaired) electrons. The normalized spacial score (nSPS) is 17.8. The van der Waals surface area contributed by atoms with Gasteiger partial charge in [0.2, 0.25) is 0 Å². The molecule has 1 fully saturated rings. The summed E-state index contributed by atoms with van der Waals surface area (Å²) in [5.74, 6) is 0.0922. The molecule has 1 aromatic rings. The van der Waals surface area contributed by atoms with Crippen molar-refractivity contribution in [3.8, 4) is 0 Å². The number of hydrogen-bond donors (Lipinski definition) is 1. The highest BCUT2D eigenvalue weighted by molar-refractivity contribution is 5.95. The number of halogens is 1. The number of piperazine rings is 1. The smallest absolute Gasteiger partial charge is 0.255 e. The monoisotopic (exact) mass is 283 g/mol. The van der Waals surface area contributed by atoms with Crippen molar-refractivity contribution in [2.24, 2.45) is 0 Å². The van der Waals surface area contributed by atoms with E-state index in [1.165, 1.54) is 0 Å². The lowest BCUT2D eigenvalue weighted by atomic mass is 10.0. The number of carbonyl (C=O) groups is 1. The zero-order chi connectivity index (χ0) is 13.3. The lowest BCUT2D eigenvalue weighted by Crippen LogP contribution is -2.58. The van der Waals surface area contributed by atoms with Crippen molar-refractivity contribution in [3.63, 3.8) is 0 Å². The zero-order valence-electron chi connectivity index (χ0n) is 12.0. The Morgan fingerprint density at radius 2 is 2.05 bits per heavy atom. The Bertz CT molecular complexity index is 474. The first kappa shape index (κ1) is 15.9. The fourth-order valence-corrected chi connectivity index (χ4v) is 2.40. The van der Waals surface area contributed by atoms with Crippen LogP contribution in [0.4, 0.5) is 0 Å². The van der Waals surface area contributed by atoms with Crippen LogP contribution < -0.4 is 5.32 Å². The zero-order valence-corrected chi connectivity index (χ0v) is 12.8. The molecule has 0 spiro atoms. The molecule has 2 rings (SSSR count). The minimum atomic E-state index is -0.0139. The third kappa shape index (κ3) is 3.67. The van der Waals surface area contributed by atoms with E-state index in [0.29, 0.717) is 0 Å². The second-order valence-electron chi connectivity index (χ2n) is 5.62. The van der Waals surface area contributed by atoms with E-state index < -0.39 is 0 Å². The van der Waals surface area contributed by atoms with Gasteiger partial charge in [0, 0.05) is 30.9 Å². The van der Waals surface area contributed by atoms with Gasteiger partial charge in [-0.25, -0.2) is 0 Å². The van der Waals surface area contributed by atoms with Gasteiger partial charge in [0.25, 0.3) is 5.91 Å². The van der Waals surface area contributed by atoms with Gasteiger partial charge in [-0.2, -0.15) is 0 Å². The maximum atomic E-state index is 12.5. The molecular weight excluding hydrogens is 262 g/mol. The number of pyridine rings is 1. The minimum Gasteiger partial charge on any atom is -0.335 e. The van der Waals surface area contributed by atoms with Gasteiger partial charge < -0.3 is 10.2 Å². The molecule has 4 nitrogen and oxygen atoms in total. The third-order valence-electron chi connectivity index (χ3n) is 3.31. The van der Waals surface area contributed by atoms with E-state index >= 15 is 0 Å². The van der Waals surface area contributed by atoms with Gasteiger partial charge in [-0.3, -0.25) is 9.78 Å². The van der Waals surface area contributed by atoms with Crippen LogP contribution in [0.1, 0.15) is 35.6 Å². The topological polar surface area (TPSA) is 45.2 Å². The number of nitrogens with one attached hydrogen (secondary N) is 1. The highest BCUT2D eigenvalue weighted by atomic mass is 35.5. The lowest BCUT2D eigenvalue weighted by molar-refractivity contribution is 0.0651. The van der Waals surface area contributed by atoms with Crippen LogP contribution in [0, 0.1) is 13.8 Å². The Labute approximate surface area is 121 Å². The van der Waals surface area contributed by atoms with Crippen molar-refractivity contribution in [2.45, 2.75) is 33.2 Å². The number of aryl methyl sites for hydroxylation is 2. The van der Waals surface area contributed by atoms with Crippen molar-refractivity contribution in [1.82, 2.24) is 15.2 Å². The Balaban J connectivity index is 0.00000180. The fourth-order valence-electron chi connectivity index (χ4n) is 2.40. The summed E-state index contributed by atoms with van der Waals surface area (Å²) in [6.07, 6.45) is 0. The summed E-state index contributed by atoms with van der Waals surface area (Å²) in [4.78, 5) is 18.8. The molecule has 1 aromatic heterocycles. The Morgan fingerprint density at radius 3 is 2.63 bits per heavy atom. The van der Waals surface area contributed by atoms with E-state index in [-0.39, 0.29) is 23.9 Å². The molecule has 1 saturated heterocycles. The van der Waals surface area contributed by atoms with Gasteiger partial charge in [-0.05, 0) is 39.8 Å². The number of nitrogens with zero attached hydrogens (tertiary/aromatic N) is 2. The van der Waals surface area contributed by atoms with Gasteiger partial charge in [0.15, 0.2) is 0 Å². The van der Waals surface area contributed by atoms with Crippen LogP contribution in [0.2, 0.25) is 0 Å². The lowest BCUT2D eigenvalue weighted by Gasteiger charge is -2.39. The van der Waals surface area contributed by atoms with E-state index in [9.17, 15) is 4.79 Å². The van der Waals surface area contributed by atoms with Crippen molar-refractivity contribution >= 4 is 18.3 Å². The number of hydrogen-bond acceptors (Lipinski definition) is 3. The molecule has 0 atom stereocenters. The van der Waals surface area contributed by atoms with Crippen LogP contribution in [-0.2, 0) is 0 Å². The summed E-state index contributed by atoms with van der Waals surface area (Å²) in [6.45, 7) is 10.4. The quantitative estimate of drug-likeness (QED) is 0.857. The van der Waals surface area contributed by atoms with E-state index in [2.05, 4.69) is 24.1 Å². The molecule has 2 heterocycles. The molecular formula is C14H22ClN3O. The number of rotatable bonds is 1. The maximum absolute atomic E-state index is 12.5. The largest absolute Gasteiger partial charge is 0.335 e. The number of aromatic nitrogens is 1. The summed E-state index contributed by atoms with van der Waals surface area (Å²) in [7, 11) is 0. The van der Waals surface area contributed by atoms with Crippen LogP contribution in [0.5, 0.6) is 0 Å². The van der Waals surface area contributed by atoms with Crippen LogP contribution >= 0.6 is 12.4 Å². The summed E-state index contributed by atoms with van der Waals surface area (Å²) in [5.41, 5.74) is 2.47. The second-order valence-corrected chi connectivity index (χ2v) is 5.62. The summed E-state index contributed by atoms with van der Waals surface area (Å²) >= 11 is 0.